The summed E-state index contributed by atoms with van der Waals surface area (Å²) in [5.41, 5.74) is 3.47. The lowest BCUT2D eigenvalue weighted by Gasteiger charge is -2.23. The Balaban J connectivity index is 1.54. The monoisotopic (exact) mass is 436 g/mol. The van der Waals surface area contributed by atoms with Gasteiger partial charge in [0.2, 0.25) is 0 Å². The third-order valence-electron chi connectivity index (χ3n) is 5.70. The van der Waals surface area contributed by atoms with Crippen LogP contribution >= 0.6 is 11.6 Å². The van der Waals surface area contributed by atoms with Gasteiger partial charge >= 0.3 is 0 Å². The molecule has 1 aliphatic heterocycles. The first-order valence-electron chi connectivity index (χ1n) is 10.4. The van der Waals surface area contributed by atoms with Crippen molar-refractivity contribution in [3.8, 4) is 5.69 Å². The number of carbonyl (C=O) groups excluding carboxylic acids is 1. The highest BCUT2D eigenvalue weighted by Gasteiger charge is 2.21. The average molecular weight is 437 g/mol. The van der Waals surface area contributed by atoms with Gasteiger partial charge in [-0.05, 0) is 67.8 Å². The molecule has 0 unspecified atom stereocenters. The van der Waals surface area contributed by atoms with E-state index in [2.05, 4.69) is 10.00 Å². The first kappa shape index (κ1) is 21.1. The van der Waals surface area contributed by atoms with Crippen molar-refractivity contribution in [3.63, 3.8) is 0 Å². The standard InChI is InChI=1S/C24H25ClN4O2/c1-17-7-8-21(15-18(17)2)29-23(30)10-9-22(26-29)27-11-4-12-28(14-13-27)24(31)19-5-3-6-20(25)16-19/h3,5-10,15-16H,4,11-14H2,1-2H3. The Bertz CT molecular complexity index is 1170. The topological polar surface area (TPSA) is 58.4 Å². The summed E-state index contributed by atoms with van der Waals surface area (Å²) in [5, 5.41) is 5.18. The maximum Gasteiger partial charge on any atom is 0.271 e. The number of halogens is 1. The highest BCUT2D eigenvalue weighted by atomic mass is 35.5. The zero-order valence-electron chi connectivity index (χ0n) is 17.7. The fourth-order valence-electron chi connectivity index (χ4n) is 3.77. The van der Waals surface area contributed by atoms with E-state index in [0.717, 1.165) is 30.0 Å². The molecule has 1 saturated heterocycles. The molecular weight excluding hydrogens is 412 g/mol. The zero-order chi connectivity index (χ0) is 22.0. The molecule has 2 heterocycles. The molecule has 7 heteroatoms. The predicted molar refractivity (Wildman–Crippen MR) is 123 cm³/mol. The Morgan fingerprint density at radius 1 is 0.935 bits per heavy atom. The van der Waals surface area contributed by atoms with E-state index in [1.807, 2.05) is 36.9 Å². The van der Waals surface area contributed by atoms with Crippen molar-refractivity contribution >= 4 is 23.3 Å². The highest BCUT2D eigenvalue weighted by Crippen LogP contribution is 2.18. The molecular formula is C24H25ClN4O2. The van der Waals surface area contributed by atoms with E-state index in [-0.39, 0.29) is 11.5 Å². The minimum Gasteiger partial charge on any atom is -0.353 e. The third kappa shape index (κ3) is 4.64. The number of rotatable bonds is 3. The van der Waals surface area contributed by atoms with E-state index < -0.39 is 0 Å². The summed E-state index contributed by atoms with van der Waals surface area (Å²) in [6.07, 6.45) is 0.816. The van der Waals surface area contributed by atoms with Crippen LogP contribution in [0.4, 0.5) is 5.82 Å². The molecule has 0 atom stereocenters. The van der Waals surface area contributed by atoms with Gasteiger partial charge in [0.15, 0.2) is 0 Å². The maximum atomic E-state index is 12.9. The van der Waals surface area contributed by atoms with Crippen molar-refractivity contribution in [2.45, 2.75) is 20.3 Å². The van der Waals surface area contributed by atoms with Crippen molar-refractivity contribution in [2.24, 2.45) is 0 Å². The molecule has 1 aromatic heterocycles. The smallest absolute Gasteiger partial charge is 0.271 e. The Morgan fingerprint density at radius 2 is 1.77 bits per heavy atom. The quantitative estimate of drug-likeness (QED) is 0.625. The van der Waals surface area contributed by atoms with E-state index in [9.17, 15) is 9.59 Å². The first-order valence-corrected chi connectivity index (χ1v) is 10.8. The van der Waals surface area contributed by atoms with Gasteiger partial charge in [0.1, 0.15) is 5.82 Å². The molecule has 0 radical (unpaired) electrons. The lowest BCUT2D eigenvalue weighted by Crippen LogP contribution is -2.36. The molecule has 2 aromatic carbocycles. The molecule has 1 fully saturated rings. The van der Waals surface area contributed by atoms with Crippen LogP contribution in [-0.4, -0.2) is 46.8 Å². The molecule has 1 amide bonds. The van der Waals surface area contributed by atoms with Gasteiger partial charge in [0.05, 0.1) is 5.69 Å². The van der Waals surface area contributed by atoms with E-state index in [1.54, 1.807) is 36.4 Å². The first-order chi connectivity index (χ1) is 14.9. The van der Waals surface area contributed by atoms with Crippen LogP contribution in [0.25, 0.3) is 5.69 Å². The van der Waals surface area contributed by atoms with Gasteiger partial charge in [0, 0.05) is 42.8 Å². The number of aromatic nitrogens is 2. The van der Waals surface area contributed by atoms with Crippen LogP contribution in [0, 0.1) is 13.8 Å². The second-order valence-corrected chi connectivity index (χ2v) is 8.29. The van der Waals surface area contributed by atoms with Crippen molar-refractivity contribution in [1.82, 2.24) is 14.7 Å². The van der Waals surface area contributed by atoms with Gasteiger partial charge < -0.3 is 9.80 Å². The van der Waals surface area contributed by atoms with Crippen molar-refractivity contribution in [2.75, 3.05) is 31.1 Å². The van der Waals surface area contributed by atoms with Gasteiger partial charge in [-0.3, -0.25) is 9.59 Å². The number of hydrogen-bond donors (Lipinski definition) is 0. The summed E-state index contributed by atoms with van der Waals surface area (Å²) in [7, 11) is 0. The van der Waals surface area contributed by atoms with Crippen LogP contribution < -0.4 is 10.5 Å². The lowest BCUT2D eigenvalue weighted by atomic mass is 10.1. The molecule has 0 bridgehead atoms. The summed E-state index contributed by atoms with van der Waals surface area (Å²) >= 11 is 6.04. The van der Waals surface area contributed by atoms with Crippen LogP contribution in [0.15, 0.2) is 59.4 Å². The van der Waals surface area contributed by atoms with Gasteiger partial charge in [-0.25, -0.2) is 0 Å². The van der Waals surface area contributed by atoms with Crippen molar-refractivity contribution < 1.29 is 4.79 Å². The van der Waals surface area contributed by atoms with Crippen LogP contribution in [-0.2, 0) is 0 Å². The summed E-state index contributed by atoms with van der Waals surface area (Å²) in [5.74, 6) is 0.715. The number of benzene rings is 2. The maximum absolute atomic E-state index is 12.9. The fraction of sp³-hybridized carbons (Fsp3) is 0.292. The van der Waals surface area contributed by atoms with Crippen molar-refractivity contribution in [1.29, 1.82) is 0 Å². The van der Waals surface area contributed by atoms with E-state index in [0.29, 0.717) is 30.2 Å². The third-order valence-corrected chi connectivity index (χ3v) is 5.94. The van der Waals surface area contributed by atoms with Gasteiger partial charge in [-0.15, -0.1) is 5.10 Å². The van der Waals surface area contributed by atoms with Gasteiger partial charge in [-0.2, -0.15) is 4.68 Å². The summed E-state index contributed by atoms with van der Waals surface area (Å²) < 4.78 is 1.45. The Hall–Kier alpha value is -3.12. The second kappa shape index (κ2) is 8.94. The Morgan fingerprint density at radius 3 is 2.55 bits per heavy atom. The lowest BCUT2D eigenvalue weighted by molar-refractivity contribution is 0.0767. The molecule has 0 aliphatic carbocycles. The van der Waals surface area contributed by atoms with Gasteiger partial charge in [-0.1, -0.05) is 23.7 Å². The number of carbonyl (C=O) groups is 1. The highest BCUT2D eigenvalue weighted by molar-refractivity contribution is 6.30. The van der Waals surface area contributed by atoms with Crippen LogP contribution in [0.5, 0.6) is 0 Å². The minimum absolute atomic E-state index is 0.0163. The number of hydrogen-bond acceptors (Lipinski definition) is 4. The molecule has 4 rings (SSSR count). The molecule has 0 saturated carbocycles. The molecule has 6 nitrogen and oxygen atoms in total. The predicted octanol–water partition coefficient (Wildman–Crippen LogP) is 3.86. The van der Waals surface area contributed by atoms with E-state index in [1.165, 1.54) is 10.2 Å². The summed E-state index contributed by atoms with van der Waals surface area (Å²) in [6.45, 7) is 6.71. The average Bonchev–Trinajstić information content (AvgIpc) is 3.02. The zero-order valence-corrected chi connectivity index (χ0v) is 18.5. The summed E-state index contributed by atoms with van der Waals surface area (Å²) in [4.78, 5) is 29.3. The largest absolute Gasteiger partial charge is 0.353 e. The normalized spacial score (nSPS) is 14.4. The van der Waals surface area contributed by atoms with E-state index in [4.69, 9.17) is 11.6 Å². The minimum atomic E-state index is -0.167. The van der Waals surface area contributed by atoms with Crippen molar-refractivity contribution in [3.05, 3.63) is 86.7 Å². The van der Waals surface area contributed by atoms with E-state index >= 15 is 0 Å². The van der Waals surface area contributed by atoms with Gasteiger partial charge in [0.25, 0.3) is 11.5 Å². The number of anilines is 1. The van der Waals surface area contributed by atoms with Crippen LogP contribution in [0.1, 0.15) is 27.9 Å². The number of amides is 1. The molecule has 0 spiro atoms. The SMILES string of the molecule is Cc1ccc(-n2nc(N3CCCN(C(=O)c4cccc(Cl)c4)CC3)ccc2=O)cc1C. The summed E-state index contributed by atoms with van der Waals surface area (Å²) in [6, 6.07) is 16.2. The molecule has 160 valence electrons. The Kier molecular flexibility index (Phi) is 6.09. The van der Waals surface area contributed by atoms with Crippen LogP contribution in [0.2, 0.25) is 5.02 Å². The molecule has 0 N–H and O–H groups in total. The Labute approximate surface area is 186 Å². The molecule has 1 aliphatic rings. The molecule has 3 aromatic rings. The van der Waals surface area contributed by atoms with Crippen LogP contribution in [0.3, 0.4) is 0 Å². The fourth-order valence-corrected chi connectivity index (χ4v) is 3.96. The second-order valence-electron chi connectivity index (χ2n) is 7.85. The molecule has 31 heavy (non-hydrogen) atoms. The number of aryl methyl sites for hydroxylation is 2. The number of nitrogens with zero attached hydrogens (tertiary/aromatic N) is 4.